The van der Waals surface area contributed by atoms with E-state index in [0.29, 0.717) is 41.4 Å². The van der Waals surface area contributed by atoms with Crippen molar-refractivity contribution in [3.05, 3.63) is 112 Å². The molecule has 2 aliphatic rings. The number of fused-ring (bicyclic) bond motifs is 1. The molecule has 2 N–H and O–H groups in total. The molecule has 1 amide bonds. The van der Waals surface area contributed by atoms with Crippen LogP contribution in [0.25, 0.3) is 5.76 Å². The van der Waals surface area contributed by atoms with Gasteiger partial charge in [-0.05, 0) is 53.9 Å². The number of carboxylic acid groups (broad SMARTS) is 1. The number of carbonyl (C=O) groups is 2. The molecular weight excluding hydrogens is 539 g/mol. The van der Waals surface area contributed by atoms with Gasteiger partial charge in [0.05, 0.1) is 11.1 Å². The molecule has 3 aromatic carbocycles. The van der Waals surface area contributed by atoms with Crippen molar-refractivity contribution in [2.24, 2.45) is 0 Å². The number of phenolic OH excluding ortho intramolecular Hbond substituents is 1. The van der Waals surface area contributed by atoms with Crippen molar-refractivity contribution >= 4 is 29.2 Å². The third-order valence-corrected chi connectivity index (χ3v) is 7.08. The first-order valence-electron chi connectivity index (χ1n) is 12.6. The summed E-state index contributed by atoms with van der Waals surface area (Å²) < 4.78 is 25.6. The fraction of sp³-hybridized carbons (Fsp3) is 0.200. The number of hydrogen-bond acceptors (Lipinski definition) is 6. The predicted molar refractivity (Wildman–Crippen MR) is 146 cm³/mol. The van der Waals surface area contributed by atoms with Gasteiger partial charge in [-0.25, -0.2) is 9.18 Å². The van der Waals surface area contributed by atoms with Gasteiger partial charge in [0.1, 0.15) is 23.6 Å². The van der Waals surface area contributed by atoms with Crippen molar-refractivity contribution in [1.29, 1.82) is 0 Å². The Morgan fingerprint density at radius 3 is 2.75 bits per heavy atom. The maximum atomic E-state index is 14.5. The molecule has 40 heavy (non-hydrogen) atoms. The number of ether oxygens (including phenoxy) is 2. The Hall–Kier alpha value is -4.50. The van der Waals surface area contributed by atoms with E-state index < -0.39 is 24.4 Å². The molecule has 1 unspecified atom stereocenters. The third kappa shape index (κ3) is 5.89. The first-order chi connectivity index (χ1) is 19.3. The van der Waals surface area contributed by atoms with Gasteiger partial charge in [-0.1, -0.05) is 35.9 Å². The fourth-order valence-corrected chi connectivity index (χ4v) is 5.13. The van der Waals surface area contributed by atoms with Crippen LogP contribution in [0, 0.1) is 5.82 Å². The number of benzene rings is 3. The van der Waals surface area contributed by atoms with E-state index >= 15 is 0 Å². The molecule has 0 radical (unpaired) electrons. The summed E-state index contributed by atoms with van der Waals surface area (Å²) in [5.74, 6) is -1.19. The van der Waals surface area contributed by atoms with Crippen molar-refractivity contribution in [2.45, 2.75) is 18.9 Å². The molecule has 0 bridgehead atoms. The molecule has 0 fully saturated rings. The highest BCUT2D eigenvalue weighted by Gasteiger charge is 2.34. The standard InChI is InChI=1S/C30H26ClFN2O6/c31-25-7-6-21(35)16-23(25)27-17-33(13-14-39-27)11-10-28(36)34-12-9-19-3-1-2-4-22(19)30(34)24-15-20(32)5-8-26(24)40-18-29(37)38/h1-8,13-17,30,35H,9-12,18H2,(H,37,38). The van der Waals surface area contributed by atoms with Gasteiger partial charge < -0.3 is 29.5 Å². The van der Waals surface area contributed by atoms with Crippen molar-refractivity contribution in [2.75, 3.05) is 19.7 Å². The molecule has 1 atom stereocenters. The number of nitrogens with zero attached hydrogens (tertiary/aromatic N) is 2. The van der Waals surface area contributed by atoms with Crippen molar-refractivity contribution < 1.29 is 33.7 Å². The number of amides is 1. The molecule has 8 nitrogen and oxygen atoms in total. The summed E-state index contributed by atoms with van der Waals surface area (Å²) in [5, 5.41) is 19.4. The van der Waals surface area contributed by atoms with Gasteiger partial charge in [0.2, 0.25) is 5.91 Å². The van der Waals surface area contributed by atoms with E-state index in [1.165, 1.54) is 36.6 Å². The molecular formula is C30H26ClFN2O6. The lowest BCUT2D eigenvalue weighted by atomic mass is 9.87. The van der Waals surface area contributed by atoms with Gasteiger partial charge in [0.25, 0.3) is 0 Å². The number of hydrogen-bond donors (Lipinski definition) is 2. The van der Waals surface area contributed by atoms with E-state index in [0.717, 1.165) is 11.1 Å². The molecule has 0 spiro atoms. The Morgan fingerprint density at radius 2 is 1.93 bits per heavy atom. The number of aliphatic carboxylic acids is 1. The largest absolute Gasteiger partial charge is 0.508 e. The van der Waals surface area contributed by atoms with E-state index in [9.17, 15) is 19.1 Å². The van der Waals surface area contributed by atoms with Crippen LogP contribution in [0.15, 0.2) is 79.3 Å². The summed E-state index contributed by atoms with van der Waals surface area (Å²) in [6.07, 6.45) is 5.60. The zero-order valence-corrected chi connectivity index (χ0v) is 22.1. The average Bonchev–Trinajstić information content (AvgIpc) is 2.96. The molecule has 0 saturated carbocycles. The van der Waals surface area contributed by atoms with E-state index in [4.69, 9.17) is 26.2 Å². The fourth-order valence-electron chi connectivity index (χ4n) is 4.92. The van der Waals surface area contributed by atoms with Crippen molar-refractivity contribution in [3.8, 4) is 11.5 Å². The van der Waals surface area contributed by atoms with Crippen molar-refractivity contribution in [1.82, 2.24) is 9.80 Å². The minimum atomic E-state index is -1.16. The Balaban J connectivity index is 1.40. The van der Waals surface area contributed by atoms with Crippen LogP contribution >= 0.6 is 11.6 Å². The number of aromatic hydroxyl groups is 1. The van der Waals surface area contributed by atoms with Crippen LogP contribution in [0.2, 0.25) is 5.02 Å². The van der Waals surface area contributed by atoms with Crippen LogP contribution in [-0.2, 0) is 20.7 Å². The minimum Gasteiger partial charge on any atom is -0.508 e. The minimum absolute atomic E-state index is 0.0423. The van der Waals surface area contributed by atoms with Crippen LogP contribution in [0.1, 0.15) is 34.7 Å². The Morgan fingerprint density at radius 1 is 1.10 bits per heavy atom. The second kappa shape index (κ2) is 11.7. The van der Waals surface area contributed by atoms with Gasteiger partial charge in [0, 0.05) is 43.0 Å². The molecule has 2 aliphatic heterocycles. The topological polar surface area (TPSA) is 99.5 Å². The monoisotopic (exact) mass is 564 g/mol. The summed E-state index contributed by atoms with van der Waals surface area (Å²) in [6, 6.07) is 15.4. The zero-order chi connectivity index (χ0) is 28.2. The molecule has 0 aromatic heterocycles. The third-order valence-electron chi connectivity index (χ3n) is 6.75. The first kappa shape index (κ1) is 27.1. The number of rotatable bonds is 8. The van der Waals surface area contributed by atoms with Crippen LogP contribution in [0.5, 0.6) is 11.5 Å². The van der Waals surface area contributed by atoms with Gasteiger partial charge in [-0.3, -0.25) is 4.79 Å². The number of halogens is 2. The number of carbonyl (C=O) groups excluding carboxylic acids is 1. The van der Waals surface area contributed by atoms with Gasteiger partial charge in [-0.2, -0.15) is 0 Å². The van der Waals surface area contributed by atoms with Gasteiger partial charge in [-0.15, -0.1) is 0 Å². The number of carboxylic acids is 1. The van der Waals surface area contributed by atoms with E-state index in [1.807, 2.05) is 24.3 Å². The maximum Gasteiger partial charge on any atom is 0.341 e. The normalized spacial score (nSPS) is 16.1. The SMILES string of the molecule is O=C(O)COc1ccc(F)cc1C1c2ccccc2CCN1C(=O)CCN1C=COC(c2cc(O)ccc2Cl)=C1. The van der Waals surface area contributed by atoms with Crippen LogP contribution in [-0.4, -0.2) is 51.6 Å². The molecule has 3 aromatic rings. The quantitative estimate of drug-likeness (QED) is 0.382. The second-order valence-electron chi connectivity index (χ2n) is 9.35. The smallest absolute Gasteiger partial charge is 0.341 e. The molecule has 5 rings (SSSR count). The molecule has 206 valence electrons. The van der Waals surface area contributed by atoms with Crippen LogP contribution in [0.4, 0.5) is 4.39 Å². The summed E-state index contributed by atoms with van der Waals surface area (Å²) >= 11 is 6.28. The van der Waals surface area contributed by atoms with Crippen LogP contribution < -0.4 is 4.74 Å². The maximum absolute atomic E-state index is 14.5. The lowest BCUT2D eigenvalue weighted by Crippen LogP contribution is -2.41. The molecule has 0 saturated heterocycles. The second-order valence-corrected chi connectivity index (χ2v) is 9.76. The Kier molecular flexibility index (Phi) is 7.93. The lowest BCUT2D eigenvalue weighted by molar-refractivity contribution is -0.139. The highest BCUT2D eigenvalue weighted by atomic mass is 35.5. The highest BCUT2D eigenvalue weighted by Crippen LogP contribution is 2.40. The van der Waals surface area contributed by atoms with E-state index in [-0.39, 0.29) is 23.8 Å². The lowest BCUT2D eigenvalue weighted by Gasteiger charge is -2.38. The molecule has 10 heteroatoms. The summed E-state index contributed by atoms with van der Waals surface area (Å²) in [4.78, 5) is 28.3. The first-order valence-corrected chi connectivity index (χ1v) is 13.0. The van der Waals surface area contributed by atoms with E-state index in [2.05, 4.69) is 0 Å². The van der Waals surface area contributed by atoms with Gasteiger partial charge in [0.15, 0.2) is 12.4 Å². The molecule has 2 heterocycles. The average molecular weight is 565 g/mol. The molecule has 0 aliphatic carbocycles. The highest BCUT2D eigenvalue weighted by molar-refractivity contribution is 6.32. The summed E-state index contributed by atoms with van der Waals surface area (Å²) in [6.45, 7) is 0.117. The van der Waals surface area contributed by atoms with Crippen LogP contribution in [0.3, 0.4) is 0 Å². The van der Waals surface area contributed by atoms with Gasteiger partial charge >= 0.3 is 5.97 Å². The predicted octanol–water partition coefficient (Wildman–Crippen LogP) is 5.31. The Bertz CT molecular complexity index is 1510. The van der Waals surface area contributed by atoms with E-state index in [1.54, 1.807) is 28.3 Å². The summed E-state index contributed by atoms with van der Waals surface area (Å²) in [5.41, 5.74) is 2.75. The number of phenols is 1. The van der Waals surface area contributed by atoms with Crippen molar-refractivity contribution in [3.63, 3.8) is 0 Å². The Labute approximate surface area is 235 Å². The zero-order valence-electron chi connectivity index (χ0n) is 21.3. The summed E-state index contributed by atoms with van der Waals surface area (Å²) in [7, 11) is 0.